The number of carbonyl (C=O) groups excluding carboxylic acids is 2. The number of carbonyl (C=O) groups is 2. The van der Waals surface area contributed by atoms with Crippen molar-refractivity contribution in [1.29, 1.82) is 0 Å². The number of pyridine rings is 2. The van der Waals surface area contributed by atoms with Gasteiger partial charge >= 0.3 is 11.9 Å². The molecule has 1 fully saturated rings. The molecule has 3 atom stereocenters. The van der Waals surface area contributed by atoms with Crippen LogP contribution in [0.3, 0.4) is 0 Å². The molecule has 6 rings (SSSR count). The highest BCUT2D eigenvalue weighted by atomic mass is 79.9. The van der Waals surface area contributed by atoms with Gasteiger partial charge in [-0.15, -0.1) is 0 Å². The Morgan fingerprint density at radius 3 is 2.49 bits per heavy atom. The number of hydrogen-bond acceptors (Lipinski definition) is 9. The van der Waals surface area contributed by atoms with E-state index in [2.05, 4.69) is 92.6 Å². The van der Waals surface area contributed by atoms with Crippen LogP contribution < -0.4 is 0 Å². The van der Waals surface area contributed by atoms with Crippen molar-refractivity contribution in [1.82, 2.24) is 24.3 Å². The van der Waals surface area contributed by atoms with Crippen LogP contribution in [-0.4, -0.2) is 95.9 Å². The number of esters is 2. The monoisotopic (exact) mass is 705 g/mol. The molecule has 0 bridgehead atoms. The van der Waals surface area contributed by atoms with Gasteiger partial charge < -0.3 is 23.7 Å². The molecular formula is C36H44BrN5O5. The summed E-state index contributed by atoms with van der Waals surface area (Å²) in [4.78, 5) is 36.6. The van der Waals surface area contributed by atoms with E-state index in [9.17, 15) is 9.59 Å². The Kier molecular flexibility index (Phi) is 11.4. The number of rotatable bonds is 10. The molecule has 0 N–H and O–H groups in total. The lowest BCUT2D eigenvalue weighted by Gasteiger charge is -2.53. The standard InChI is InChI=1S/C24H26BrN3O3.C12H18N2O2/c1-27-13-17-8-21-24(30-3,19-5-4-6-20(27)22(17)19)9-15(12-28(21)2)14-31-23(29)16-7-18(25)11-26-10-16;1-3-14(4-2)8-9-16-12(15)11-6-5-7-13-10-11/h4-7,10-11,13,15,21H,8-9,12,14H2,1-3H3;5-7,10H,3-4,8-9H2,1-2H3/t15-,21-,24+;/m1./s1. The molecule has 2 aliphatic rings. The second-order valence-corrected chi connectivity index (χ2v) is 13.1. The summed E-state index contributed by atoms with van der Waals surface area (Å²) in [5.74, 6) is -0.479. The number of aryl methyl sites for hydroxylation is 1. The van der Waals surface area contributed by atoms with Crippen LogP contribution in [0.25, 0.3) is 10.9 Å². The summed E-state index contributed by atoms with van der Waals surface area (Å²) in [6.45, 7) is 8.54. The fraction of sp³-hybridized carbons (Fsp3) is 0.444. The smallest absolute Gasteiger partial charge is 0.339 e. The van der Waals surface area contributed by atoms with Crippen molar-refractivity contribution in [3.05, 3.63) is 94.1 Å². The van der Waals surface area contributed by atoms with Crippen LogP contribution in [0.4, 0.5) is 0 Å². The maximum absolute atomic E-state index is 12.5. The molecule has 4 heterocycles. The highest BCUT2D eigenvalue weighted by Crippen LogP contribution is 2.49. The van der Waals surface area contributed by atoms with E-state index in [1.165, 1.54) is 34.4 Å². The van der Waals surface area contributed by atoms with Gasteiger partial charge in [0.25, 0.3) is 0 Å². The van der Waals surface area contributed by atoms with E-state index in [0.717, 1.165) is 43.5 Å². The minimum Gasteiger partial charge on any atom is -0.462 e. The number of aromatic nitrogens is 3. The highest BCUT2D eigenvalue weighted by Gasteiger charge is 2.51. The Morgan fingerprint density at radius 1 is 1.02 bits per heavy atom. The number of likely N-dealkylation sites (N-methyl/N-ethyl adjacent to an activating group) is 2. The van der Waals surface area contributed by atoms with E-state index >= 15 is 0 Å². The average molecular weight is 707 g/mol. The van der Waals surface area contributed by atoms with Crippen molar-refractivity contribution in [3.63, 3.8) is 0 Å². The second kappa shape index (κ2) is 15.5. The van der Waals surface area contributed by atoms with Crippen LogP contribution in [0, 0.1) is 5.92 Å². The van der Waals surface area contributed by atoms with Crippen molar-refractivity contribution in [2.24, 2.45) is 13.0 Å². The van der Waals surface area contributed by atoms with Crippen molar-refractivity contribution < 1.29 is 23.8 Å². The topological polar surface area (TPSA) is 99.0 Å². The molecule has 1 saturated heterocycles. The van der Waals surface area contributed by atoms with E-state index in [1.807, 2.05) is 7.11 Å². The fourth-order valence-corrected chi connectivity index (χ4v) is 7.37. The molecule has 47 heavy (non-hydrogen) atoms. The van der Waals surface area contributed by atoms with Gasteiger partial charge in [0.2, 0.25) is 0 Å². The van der Waals surface area contributed by atoms with Crippen molar-refractivity contribution in [3.8, 4) is 0 Å². The summed E-state index contributed by atoms with van der Waals surface area (Å²) in [6, 6.07) is 11.9. The maximum Gasteiger partial charge on any atom is 0.339 e. The number of methoxy groups -OCH3 is 1. The van der Waals surface area contributed by atoms with Gasteiger partial charge in [0, 0.05) is 85.6 Å². The van der Waals surface area contributed by atoms with Gasteiger partial charge in [-0.05, 0) is 84.3 Å². The van der Waals surface area contributed by atoms with Gasteiger partial charge in [0.1, 0.15) is 12.2 Å². The first-order chi connectivity index (χ1) is 22.7. The number of ether oxygens (including phenoxy) is 3. The predicted octanol–water partition coefficient (Wildman–Crippen LogP) is 5.49. The third-order valence-corrected chi connectivity index (χ3v) is 9.79. The predicted molar refractivity (Wildman–Crippen MR) is 184 cm³/mol. The number of halogens is 1. The summed E-state index contributed by atoms with van der Waals surface area (Å²) in [5.41, 5.74) is 4.40. The van der Waals surface area contributed by atoms with Gasteiger partial charge in [0.05, 0.1) is 17.7 Å². The molecule has 1 aliphatic heterocycles. The molecule has 1 aromatic carbocycles. The maximum atomic E-state index is 12.5. The Labute approximate surface area is 285 Å². The largest absolute Gasteiger partial charge is 0.462 e. The van der Waals surface area contributed by atoms with E-state index in [-0.39, 0.29) is 23.9 Å². The number of benzene rings is 1. The average Bonchev–Trinajstić information content (AvgIpc) is 3.42. The van der Waals surface area contributed by atoms with E-state index in [0.29, 0.717) is 24.3 Å². The molecule has 0 unspecified atom stereocenters. The van der Waals surface area contributed by atoms with Crippen LogP contribution >= 0.6 is 15.9 Å². The zero-order valence-electron chi connectivity index (χ0n) is 27.8. The Bertz CT molecular complexity index is 1680. The first kappa shape index (κ1) is 34.7. The number of fused-ring (bicyclic) bond motifs is 2. The Morgan fingerprint density at radius 2 is 1.79 bits per heavy atom. The molecule has 250 valence electrons. The normalized spacial score (nSPS) is 20.3. The number of hydrogen-bond donors (Lipinski definition) is 0. The molecule has 4 aromatic rings. The van der Waals surface area contributed by atoms with Gasteiger partial charge in [-0.2, -0.15) is 0 Å². The summed E-state index contributed by atoms with van der Waals surface area (Å²) in [6.07, 6.45) is 10.3. The van der Waals surface area contributed by atoms with Gasteiger partial charge in [-0.3, -0.25) is 14.9 Å². The zero-order valence-corrected chi connectivity index (χ0v) is 29.4. The van der Waals surface area contributed by atoms with Gasteiger partial charge in [-0.1, -0.05) is 26.0 Å². The fourth-order valence-electron chi connectivity index (χ4n) is 7.00. The molecule has 0 amide bonds. The third-order valence-electron chi connectivity index (χ3n) is 9.36. The van der Waals surface area contributed by atoms with Crippen LogP contribution in [0.1, 0.15) is 52.1 Å². The first-order valence-corrected chi connectivity index (χ1v) is 16.9. The second-order valence-electron chi connectivity index (χ2n) is 12.2. The molecule has 0 spiro atoms. The van der Waals surface area contributed by atoms with Gasteiger partial charge in [-0.25, -0.2) is 9.59 Å². The van der Waals surface area contributed by atoms with Crippen molar-refractivity contribution >= 4 is 38.8 Å². The van der Waals surface area contributed by atoms with E-state index in [4.69, 9.17) is 14.2 Å². The number of likely N-dealkylation sites (tertiary alicyclic amines) is 1. The highest BCUT2D eigenvalue weighted by molar-refractivity contribution is 9.10. The summed E-state index contributed by atoms with van der Waals surface area (Å²) < 4.78 is 20.1. The molecule has 0 saturated carbocycles. The Balaban J connectivity index is 0.000000230. The lowest BCUT2D eigenvalue weighted by atomic mass is 9.69. The summed E-state index contributed by atoms with van der Waals surface area (Å²) in [5, 5.41) is 1.31. The van der Waals surface area contributed by atoms with Crippen molar-refractivity contribution in [2.45, 2.75) is 38.3 Å². The molecule has 3 aromatic heterocycles. The first-order valence-electron chi connectivity index (χ1n) is 16.1. The molecule has 11 heteroatoms. The van der Waals surface area contributed by atoms with E-state index < -0.39 is 5.60 Å². The van der Waals surface area contributed by atoms with E-state index in [1.54, 1.807) is 30.6 Å². The van der Waals surface area contributed by atoms with Crippen LogP contribution in [0.5, 0.6) is 0 Å². The number of nitrogens with zero attached hydrogens (tertiary/aromatic N) is 5. The quantitative estimate of drug-likeness (QED) is 0.198. The van der Waals surface area contributed by atoms with Crippen LogP contribution in [0.15, 0.2) is 71.9 Å². The lowest BCUT2D eigenvalue weighted by molar-refractivity contribution is -0.131. The molecular weight excluding hydrogens is 662 g/mol. The SMILES string of the molecule is CCN(CC)CCOC(=O)c1cccnc1.CO[C@]12C[C@@H](COC(=O)c3cncc(Br)c3)CN(C)[C@@H]1Cc1cn(C)c3cccc2c13. The molecule has 0 radical (unpaired) electrons. The minimum atomic E-state index is -0.421. The lowest BCUT2D eigenvalue weighted by Crippen LogP contribution is -2.59. The summed E-state index contributed by atoms with van der Waals surface area (Å²) in [7, 11) is 6.07. The molecule has 1 aliphatic carbocycles. The minimum absolute atomic E-state index is 0.172. The zero-order chi connectivity index (χ0) is 33.6. The van der Waals surface area contributed by atoms with Gasteiger partial charge in [0.15, 0.2) is 0 Å². The van der Waals surface area contributed by atoms with Crippen LogP contribution in [-0.2, 0) is 33.3 Å². The summed E-state index contributed by atoms with van der Waals surface area (Å²) >= 11 is 3.35. The molecule has 10 nitrogen and oxygen atoms in total. The Hall–Kier alpha value is -3.64. The third kappa shape index (κ3) is 7.59. The van der Waals surface area contributed by atoms with Crippen LogP contribution in [0.2, 0.25) is 0 Å². The number of piperidine rings is 1. The van der Waals surface area contributed by atoms with Crippen molar-refractivity contribution in [2.75, 3.05) is 53.6 Å².